The van der Waals surface area contributed by atoms with Crippen molar-refractivity contribution < 1.29 is 14.6 Å². The van der Waals surface area contributed by atoms with E-state index < -0.39 is 0 Å². The van der Waals surface area contributed by atoms with Gasteiger partial charge in [0.15, 0.2) is 11.5 Å². The predicted octanol–water partition coefficient (Wildman–Crippen LogP) is 2.97. The molecule has 0 bridgehead atoms. The highest BCUT2D eigenvalue weighted by molar-refractivity contribution is 5.84. The maximum Gasteiger partial charge on any atom is 0.244 e. The Morgan fingerprint density at radius 1 is 1.28 bits per heavy atom. The SMILES string of the molecule is COc1cc(/C=N\NC(=O)Cc2cccc3c2CCCC3)ccc1O. The van der Waals surface area contributed by atoms with Gasteiger partial charge in [-0.05, 0) is 66.1 Å². The maximum atomic E-state index is 12.2. The van der Waals surface area contributed by atoms with Crippen LogP contribution in [0.5, 0.6) is 11.5 Å². The highest BCUT2D eigenvalue weighted by Crippen LogP contribution is 2.26. The van der Waals surface area contributed by atoms with Crippen molar-refractivity contribution in [2.75, 3.05) is 7.11 Å². The van der Waals surface area contributed by atoms with Crippen LogP contribution in [0.2, 0.25) is 0 Å². The average Bonchev–Trinajstić information content (AvgIpc) is 2.63. The van der Waals surface area contributed by atoms with Crippen LogP contribution in [0.15, 0.2) is 41.5 Å². The zero-order valence-corrected chi connectivity index (χ0v) is 14.3. The van der Waals surface area contributed by atoms with E-state index in [0.29, 0.717) is 12.2 Å². The summed E-state index contributed by atoms with van der Waals surface area (Å²) in [5.41, 5.74) is 7.09. The fourth-order valence-corrected chi connectivity index (χ4v) is 3.19. The summed E-state index contributed by atoms with van der Waals surface area (Å²) in [4.78, 5) is 12.2. The fourth-order valence-electron chi connectivity index (χ4n) is 3.19. The van der Waals surface area contributed by atoms with E-state index in [-0.39, 0.29) is 11.7 Å². The lowest BCUT2D eigenvalue weighted by Crippen LogP contribution is -2.21. The van der Waals surface area contributed by atoms with Crippen molar-refractivity contribution in [2.45, 2.75) is 32.1 Å². The van der Waals surface area contributed by atoms with Gasteiger partial charge in [0.25, 0.3) is 0 Å². The van der Waals surface area contributed by atoms with E-state index in [2.05, 4.69) is 16.6 Å². The Labute approximate surface area is 147 Å². The summed E-state index contributed by atoms with van der Waals surface area (Å²) in [7, 11) is 1.48. The van der Waals surface area contributed by atoms with Crippen LogP contribution in [0.1, 0.15) is 35.1 Å². The Hall–Kier alpha value is -2.82. The average molecular weight is 338 g/mol. The normalized spacial score (nSPS) is 13.5. The van der Waals surface area contributed by atoms with Crippen LogP contribution in [-0.4, -0.2) is 24.3 Å². The molecule has 5 heteroatoms. The molecule has 2 aromatic carbocycles. The number of hydrazone groups is 1. The summed E-state index contributed by atoms with van der Waals surface area (Å²) < 4.78 is 5.05. The molecule has 1 aliphatic carbocycles. The number of fused-ring (bicyclic) bond motifs is 1. The molecule has 5 nitrogen and oxygen atoms in total. The van der Waals surface area contributed by atoms with Crippen LogP contribution in [0.3, 0.4) is 0 Å². The van der Waals surface area contributed by atoms with Crippen LogP contribution in [0.25, 0.3) is 0 Å². The summed E-state index contributed by atoms with van der Waals surface area (Å²) >= 11 is 0. The topological polar surface area (TPSA) is 70.9 Å². The number of nitrogens with zero attached hydrogens (tertiary/aromatic N) is 1. The van der Waals surface area contributed by atoms with Gasteiger partial charge in [-0.25, -0.2) is 5.43 Å². The molecule has 0 unspecified atom stereocenters. The number of carbonyl (C=O) groups is 1. The van der Waals surface area contributed by atoms with Gasteiger partial charge in [0.05, 0.1) is 19.7 Å². The van der Waals surface area contributed by atoms with E-state index in [4.69, 9.17) is 4.74 Å². The quantitative estimate of drug-likeness (QED) is 0.650. The molecular formula is C20H22N2O3. The second kappa shape index (κ2) is 7.83. The van der Waals surface area contributed by atoms with E-state index >= 15 is 0 Å². The number of carbonyl (C=O) groups excluding carboxylic acids is 1. The third-order valence-corrected chi connectivity index (χ3v) is 4.45. The first-order valence-electron chi connectivity index (χ1n) is 8.46. The highest BCUT2D eigenvalue weighted by atomic mass is 16.5. The molecule has 130 valence electrons. The number of ether oxygens (including phenoxy) is 1. The van der Waals surface area contributed by atoms with Gasteiger partial charge in [0.1, 0.15) is 0 Å². The number of methoxy groups -OCH3 is 1. The van der Waals surface area contributed by atoms with Crippen LogP contribution >= 0.6 is 0 Å². The molecule has 0 saturated carbocycles. The molecule has 0 spiro atoms. The number of benzene rings is 2. The van der Waals surface area contributed by atoms with E-state index in [1.54, 1.807) is 12.1 Å². The molecule has 2 aromatic rings. The lowest BCUT2D eigenvalue weighted by Gasteiger charge is -2.18. The Bertz CT molecular complexity index is 800. The first-order chi connectivity index (χ1) is 12.2. The van der Waals surface area contributed by atoms with Crippen molar-refractivity contribution in [3.05, 3.63) is 58.7 Å². The standard InChI is InChI=1S/C20H22N2O3/c1-25-19-11-14(9-10-18(19)23)13-21-22-20(24)12-16-7-4-6-15-5-2-3-8-17(15)16/h4,6-7,9-11,13,23H,2-3,5,8,12H2,1H3,(H,22,24)/b21-13-. The molecule has 0 radical (unpaired) electrons. The van der Waals surface area contributed by atoms with Gasteiger partial charge < -0.3 is 9.84 Å². The Morgan fingerprint density at radius 2 is 2.12 bits per heavy atom. The number of phenols is 1. The minimum atomic E-state index is -0.138. The van der Waals surface area contributed by atoms with E-state index in [9.17, 15) is 9.90 Å². The summed E-state index contributed by atoms with van der Waals surface area (Å²) in [5, 5.41) is 13.6. The second-order valence-electron chi connectivity index (χ2n) is 6.16. The highest BCUT2D eigenvalue weighted by Gasteiger charge is 2.14. The Morgan fingerprint density at radius 3 is 2.96 bits per heavy atom. The number of hydrogen-bond donors (Lipinski definition) is 2. The van der Waals surface area contributed by atoms with Crippen molar-refractivity contribution in [3.63, 3.8) is 0 Å². The van der Waals surface area contributed by atoms with Gasteiger partial charge in [-0.2, -0.15) is 5.10 Å². The first-order valence-corrected chi connectivity index (χ1v) is 8.46. The summed E-state index contributed by atoms with van der Waals surface area (Å²) in [6.07, 6.45) is 6.43. The van der Waals surface area contributed by atoms with E-state index in [1.165, 1.54) is 43.4 Å². The molecule has 25 heavy (non-hydrogen) atoms. The summed E-state index contributed by atoms with van der Waals surface area (Å²) in [6.45, 7) is 0. The Balaban J connectivity index is 1.62. The molecule has 2 N–H and O–H groups in total. The molecule has 3 rings (SSSR count). The van der Waals surface area contributed by atoms with Crippen LogP contribution in [0, 0.1) is 0 Å². The number of phenolic OH excluding ortho intramolecular Hbond substituents is 1. The van der Waals surface area contributed by atoms with Gasteiger partial charge in [0.2, 0.25) is 5.91 Å². The van der Waals surface area contributed by atoms with Crippen molar-refractivity contribution in [3.8, 4) is 11.5 Å². The van der Waals surface area contributed by atoms with Gasteiger partial charge in [-0.3, -0.25) is 4.79 Å². The maximum absolute atomic E-state index is 12.2. The molecule has 0 fully saturated rings. The minimum absolute atomic E-state index is 0.0672. The van der Waals surface area contributed by atoms with Gasteiger partial charge >= 0.3 is 0 Å². The summed E-state index contributed by atoms with van der Waals surface area (Å²) in [6, 6.07) is 11.1. The van der Waals surface area contributed by atoms with Crippen LogP contribution < -0.4 is 10.2 Å². The molecule has 0 aromatic heterocycles. The molecule has 1 amide bonds. The number of amides is 1. The van der Waals surface area contributed by atoms with Gasteiger partial charge in [-0.1, -0.05) is 18.2 Å². The van der Waals surface area contributed by atoms with Crippen LogP contribution in [-0.2, 0) is 24.1 Å². The number of hydrogen-bond acceptors (Lipinski definition) is 4. The smallest absolute Gasteiger partial charge is 0.244 e. The third-order valence-electron chi connectivity index (χ3n) is 4.45. The van der Waals surface area contributed by atoms with Gasteiger partial charge in [-0.15, -0.1) is 0 Å². The molecule has 0 atom stereocenters. The molecule has 0 saturated heterocycles. The van der Waals surface area contributed by atoms with Crippen molar-refractivity contribution >= 4 is 12.1 Å². The molecular weight excluding hydrogens is 316 g/mol. The number of aromatic hydroxyl groups is 1. The molecule has 0 aliphatic heterocycles. The van der Waals surface area contributed by atoms with Crippen LogP contribution in [0.4, 0.5) is 0 Å². The zero-order chi connectivity index (χ0) is 17.6. The van der Waals surface area contributed by atoms with E-state index in [0.717, 1.165) is 24.0 Å². The third kappa shape index (κ3) is 4.18. The molecule has 0 heterocycles. The minimum Gasteiger partial charge on any atom is -0.504 e. The Kier molecular flexibility index (Phi) is 5.33. The fraction of sp³-hybridized carbons (Fsp3) is 0.300. The predicted molar refractivity (Wildman–Crippen MR) is 97.2 cm³/mol. The van der Waals surface area contributed by atoms with Gasteiger partial charge in [0, 0.05) is 0 Å². The monoisotopic (exact) mass is 338 g/mol. The second-order valence-corrected chi connectivity index (χ2v) is 6.16. The van der Waals surface area contributed by atoms with E-state index in [1.807, 2.05) is 12.1 Å². The first kappa shape index (κ1) is 17.0. The van der Waals surface area contributed by atoms with Crippen molar-refractivity contribution in [1.29, 1.82) is 0 Å². The lowest BCUT2D eigenvalue weighted by molar-refractivity contribution is -0.120. The number of rotatable bonds is 5. The number of nitrogens with one attached hydrogen (secondary N) is 1. The molecule has 1 aliphatic rings. The largest absolute Gasteiger partial charge is 0.504 e. The van der Waals surface area contributed by atoms with Crippen molar-refractivity contribution in [1.82, 2.24) is 5.43 Å². The van der Waals surface area contributed by atoms with Crippen molar-refractivity contribution in [2.24, 2.45) is 5.10 Å². The summed E-state index contributed by atoms with van der Waals surface area (Å²) in [5.74, 6) is 0.296. The number of aryl methyl sites for hydroxylation is 1. The zero-order valence-electron chi connectivity index (χ0n) is 14.3. The lowest BCUT2D eigenvalue weighted by atomic mass is 9.87.